The van der Waals surface area contributed by atoms with E-state index in [1.165, 1.54) is 100 Å². The largest absolute Gasteiger partial charge is 0.458 e. The zero-order chi connectivity index (χ0) is 66.7. The summed E-state index contributed by atoms with van der Waals surface area (Å²) >= 11 is 0. The van der Waals surface area contributed by atoms with Gasteiger partial charge in [0.2, 0.25) is 0 Å². The van der Waals surface area contributed by atoms with E-state index in [1.54, 1.807) is 0 Å². The van der Waals surface area contributed by atoms with Crippen molar-refractivity contribution in [3.8, 4) is 11.5 Å². The highest BCUT2D eigenvalue weighted by Gasteiger charge is 2.53. The molecule has 4 aliphatic carbocycles. The predicted octanol–water partition coefficient (Wildman–Crippen LogP) is 19.8. The molecule has 8 heteroatoms. The average Bonchev–Trinajstić information content (AvgIpc) is 0.756. The van der Waals surface area contributed by atoms with E-state index in [-0.39, 0.29) is 41.0 Å². The first-order chi connectivity index (χ1) is 48.8. The summed E-state index contributed by atoms with van der Waals surface area (Å²) in [6.07, 6.45) is 18.5. The lowest BCUT2D eigenvalue weighted by Gasteiger charge is -2.49. The Balaban J connectivity index is 0.845. The smallest absolute Gasteiger partial charge is 0.256 e. The van der Waals surface area contributed by atoms with Gasteiger partial charge in [-0.15, -0.1) is 0 Å². The molecular formula is C92H79B2N5O. The first-order valence-electron chi connectivity index (χ1n) is 36.8. The van der Waals surface area contributed by atoms with Crippen LogP contribution in [0.2, 0.25) is 0 Å². The van der Waals surface area contributed by atoms with Gasteiger partial charge >= 0.3 is 0 Å². The minimum atomic E-state index is -0.169. The highest BCUT2D eigenvalue weighted by Crippen LogP contribution is 2.61. The van der Waals surface area contributed by atoms with E-state index in [0.717, 1.165) is 114 Å². The van der Waals surface area contributed by atoms with Crippen LogP contribution in [0.4, 0.5) is 79.6 Å². The summed E-state index contributed by atoms with van der Waals surface area (Å²) in [7, 11) is 0. The SMILES string of the molecule is CC1(C)CCC2(C)CCc3cccc(c3)N(c3ccccc3)c3cc4c5c(c3)N(c3ccc1c2c3)c1ccccc1B5c1cc2c(cc1O4)N(c1ccccc1)c1cc3cc4c1B2c1ccccc1N4c1ccc2c(c1)C(C)(CCC2(C)C)C1CCC2=C(C=CC=CC21)N3c1ccccc1. The summed E-state index contributed by atoms with van der Waals surface area (Å²) in [5, 5.41) is 0. The summed E-state index contributed by atoms with van der Waals surface area (Å²) < 4.78 is 7.97. The number of hydrogen-bond donors (Lipinski definition) is 0. The molecule has 1 saturated carbocycles. The standard InChI is InChI=1S/C92H79B2N5O/c1-89(2)45-47-91(5)44-43-58-23-22-30-62(49-58)95(59-24-10-7-11-25-59)66-54-84-88-86(55-66)100-85-57-81-76(56-77(85)94(88)75-33-18-21-36-80(75)99(84)63-37-40-70(89)72(91)50-63)93-74-32-17-20-35-79(74)98-64-38-41-71-73(51-64)92(6,48-46-90(71,3)4)69-42-39-68-67(69)31-16-19-34-78(68)96(60-26-12-8-13-27-60)65-52-82(87(93)83(98)53-65)97(81)61-28-14-9-15-29-61/h7-38,40-41,49-57,67,69H,39,42-48H2,1-6H3. The van der Waals surface area contributed by atoms with Gasteiger partial charge in [-0.25, -0.2) is 0 Å². The number of fused-ring (bicyclic) bond motifs is 19. The van der Waals surface area contributed by atoms with E-state index >= 15 is 0 Å². The van der Waals surface area contributed by atoms with Gasteiger partial charge in [0.05, 0.1) is 11.4 Å². The Hall–Kier alpha value is -10.4. The number of aryl methyl sites for hydroxylation is 1. The van der Waals surface area contributed by atoms with E-state index in [0.29, 0.717) is 5.92 Å². The lowest BCUT2D eigenvalue weighted by atomic mass is 9.30. The third kappa shape index (κ3) is 8.28. The van der Waals surface area contributed by atoms with Crippen molar-refractivity contribution in [2.45, 2.75) is 115 Å². The van der Waals surface area contributed by atoms with Gasteiger partial charge in [-0.05, 0) is 254 Å². The zero-order valence-corrected chi connectivity index (χ0v) is 57.9. The zero-order valence-electron chi connectivity index (χ0n) is 57.9. The summed E-state index contributed by atoms with van der Waals surface area (Å²) in [6.45, 7) is 14.8. The van der Waals surface area contributed by atoms with Crippen LogP contribution in [0.5, 0.6) is 11.5 Å². The average molecular weight is 1290 g/mol. The van der Waals surface area contributed by atoms with Crippen molar-refractivity contribution in [1.29, 1.82) is 0 Å². The van der Waals surface area contributed by atoms with Gasteiger partial charge in [0.15, 0.2) is 0 Å². The van der Waals surface area contributed by atoms with Crippen LogP contribution in [0.15, 0.2) is 272 Å². The second kappa shape index (κ2) is 21.1. The van der Waals surface area contributed by atoms with Crippen LogP contribution >= 0.6 is 0 Å². The van der Waals surface area contributed by atoms with E-state index in [1.807, 2.05) is 0 Å². The van der Waals surface area contributed by atoms with Crippen molar-refractivity contribution in [2.24, 2.45) is 11.8 Å². The second-order valence-corrected chi connectivity index (χ2v) is 32.2. The lowest BCUT2D eigenvalue weighted by Crippen LogP contribution is -2.64. The molecule has 14 bridgehead atoms. The van der Waals surface area contributed by atoms with Crippen molar-refractivity contribution in [2.75, 3.05) is 24.5 Å². The minimum Gasteiger partial charge on any atom is -0.458 e. The summed E-state index contributed by atoms with van der Waals surface area (Å²) in [5.41, 5.74) is 33.8. The van der Waals surface area contributed by atoms with Crippen molar-refractivity contribution in [3.63, 3.8) is 0 Å². The quantitative estimate of drug-likeness (QED) is 0.164. The van der Waals surface area contributed by atoms with Crippen molar-refractivity contribution < 1.29 is 4.74 Å². The number of allylic oxidation sites excluding steroid dienone is 5. The number of para-hydroxylation sites is 5. The summed E-state index contributed by atoms with van der Waals surface area (Å²) in [4.78, 5) is 13.0. The van der Waals surface area contributed by atoms with Crippen LogP contribution in [0.1, 0.15) is 114 Å². The molecule has 100 heavy (non-hydrogen) atoms. The van der Waals surface area contributed by atoms with Crippen LogP contribution < -0.4 is 62.0 Å². The Labute approximate surface area is 589 Å². The van der Waals surface area contributed by atoms with Crippen LogP contribution in [-0.4, -0.2) is 13.4 Å². The number of hydrogen-bond acceptors (Lipinski definition) is 6. The number of nitrogens with zero attached hydrogens (tertiary/aromatic N) is 5. The van der Waals surface area contributed by atoms with E-state index < -0.39 is 0 Å². The first-order valence-corrected chi connectivity index (χ1v) is 36.8. The van der Waals surface area contributed by atoms with Gasteiger partial charge in [0.25, 0.3) is 13.4 Å². The minimum absolute atomic E-state index is 0.0258. The molecular weight excluding hydrogens is 1210 g/mol. The predicted molar refractivity (Wildman–Crippen MR) is 419 cm³/mol. The van der Waals surface area contributed by atoms with Gasteiger partial charge in [0, 0.05) is 92.0 Å². The molecule has 0 spiro atoms. The van der Waals surface area contributed by atoms with Crippen molar-refractivity contribution in [1.82, 2.24) is 0 Å². The van der Waals surface area contributed by atoms with Crippen LogP contribution in [-0.2, 0) is 28.1 Å². The summed E-state index contributed by atoms with van der Waals surface area (Å²) in [5.74, 6) is 2.45. The van der Waals surface area contributed by atoms with Gasteiger partial charge in [0.1, 0.15) is 11.5 Å². The van der Waals surface area contributed by atoms with E-state index in [9.17, 15) is 0 Å². The van der Waals surface area contributed by atoms with Crippen LogP contribution in [0, 0.1) is 11.8 Å². The van der Waals surface area contributed by atoms with Crippen molar-refractivity contribution >= 4 is 126 Å². The Morgan fingerprint density at radius 2 is 0.910 bits per heavy atom. The fourth-order valence-electron chi connectivity index (χ4n) is 20.7. The van der Waals surface area contributed by atoms with Crippen molar-refractivity contribution in [3.05, 3.63) is 300 Å². The maximum Gasteiger partial charge on any atom is 0.256 e. The Bertz CT molecular complexity index is 5420. The van der Waals surface area contributed by atoms with Crippen LogP contribution in [0.3, 0.4) is 0 Å². The molecule has 11 aromatic carbocycles. The number of ether oxygens (including phenoxy) is 1. The van der Waals surface area contributed by atoms with E-state index in [4.69, 9.17) is 4.74 Å². The molecule has 484 valence electrons. The number of anilines is 14. The third-order valence-electron chi connectivity index (χ3n) is 25.9. The lowest BCUT2D eigenvalue weighted by molar-refractivity contribution is 0.203. The molecule has 11 aromatic rings. The van der Waals surface area contributed by atoms with Gasteiger partial charge in [-0.2, -0.15) is 0 Å². The second-order valence-electron chi connectivity index (χ2n) is 32.2. The monoisotopic (exact) mass is 1290 g/mol. The van der Waals surface area contributed by atoms with Crippen LogP contribution in [0.25, 0.3) is 0 Å². The highest BCUT2D eigenvalue weighted by molar-refractivity contribution is 7.02. The molecule has 0 saturated heterocycles. The topological polar surface area (TPSA) is 25.4 Å². The molecule has 4 atom stereocenters. The fraction of sp³-hybridized carbons (Fsp3) is 0.217. The maximum absolute atomic E-state index is 7.97. The molecule has 1 fully saturated rings. The molecule has 6 aliphatic heterocycles. The molecule has 0 aromatic heterocycles. The Morgan fingerprint density at radius 3 is 1.59 bits per heavy atom. The molecule has 0 amide bonds. The normalized spacial score (nSPS) is 22.0. The Morgan fingerprint density at radius 1 is 0.360 bits per heavy atom. The number of rotatable bonds is 3. The van der Waals surface area contributed by atoms with Gasteiger partial charge in [-0.3, -0.25) is 0 Å². The summed E-state index contributed by atoms with van der Waals surface area (Å²) in [6, 6.07) is 91.7. The Kier molecular flexibility index (Phi) is 12.3. The van der Waals surface area contributed by atoms with Gasteiger partial charge < -0.3 is 29.2 Å². The molecule has 6 nitrogen and oxygen atoms in total. The third-order valence-corrected chi connectivity index (χ3v) is 25.9. The molecule has 4 unspecified atom stereocenters. The fourth-order valence-corrected chi connectivity index (χ4v) is 20.7. The molecule has 0 radical (unpaired) electrons. The highest BCUT2D eigenvalue weighted by atomic mass is 16.5. The molecule has 6 heterocycles. The number of benzene rings is 11. The molecule has 10 aliphatic rings. The van der Waals surface area contributed by atoms with Gasteiger partial charge in [-0.1, -0.05) is 181 Å². The molecule has 21 rings (SSSR count). The van der Waals surface area contributed by atoms with E-state index in [2.05, 4.69) is 327 Å². The maximum atomic E-state index is 7.97. The molecule has 0 N–H and O–H groups in total. The first kappa shape index (κ1) is 58.5.